The third kappa shape index (κ3) is 5.35. The van der Waals surface area contributed by atoms with Gasteiger partial charge in [-0.3, -0.25) is 14.4 Å². The molecule has 3 aromatic rings. The molecule has 1 N–H and O–H groups in total. The van der Waals surface area contributed by atoms with Gasteiger partial charge in [0.1, 0.15) is 11.6 Å². The molecule has 182 valence electrons. The smallest absolute Gasteiger partial charge is 0.264 e. The third-order valence-electron chi connectivity index (χ3n) is 6.70. The molecule has 3 aromatic carbocycles. The second-order valence-corrected chi connectivity index (χ2v) is 10.3. The average Bonchev–Trinajstić information content (AvgIpc) is 3.67. The van der Waals surface area contributed by atoms with Gasteiger partial charge in [0.25, 0.3) is 5.91 Å². The monoisotopic (exact) mass is 510 g/mol. The van der Waals surface area contributed by atoms with Gasteiger partial charge in [-0.25, -0.2) is 4.39 Å². The molecule has 7 heteroatoms. The second-order valence-electron chi connectivity index (χ2n) is 9.25. The van der Waals surface area contributed by atoms with Crippen LogP contribution in [0.2, 0.25) is 5.02 Å². The minimum absolute atomic E-state index is 0.0777. The van der Waals surface area contributed by atoms with E-state index in [-0.39, 0.29) is 11.6 Å². The van der Waals surface area contributed by atoms with Crippen molar-refractivity contribution in [2.75, 3.05) is 26.0 Å². The Balaban J connectivity index is 1.28. The van der Waals surface area contributed by atoms with Crippen LogP contribution in [0.3, 0.4) is 0 Å². The van der Waals surface area contributed by atoms with E-state index in [1.165, 1.54) is 11.6 Å². The van der Waals surface area contributed by atoms with E-state index in [1.54, 1.807) is 12.3 Å². The number of halogens is 2. The molecule has 0 spiro atoms. The van der Waals surface area contributed by atoms with Crippen LogP contribution in [0.25, 0.3) is 0 Å². The number of hydrogen-bond donors (Lipinski definition) is 1. The maximum atomic E-state index is 14.7. The van der Waals surface area contributed by atoms with Crippen molar-refractivity contribution < 1.29 is 13.9 Å². The van der Waals surface area contributed by atoms with Crippen LogP contribution in [0, 0.1) is 11.7 Å². The van der Waals surface area contributed by atoms with E-state index in [0.29, 0.717) is 24.2 Å². The Labute approximate surface area is 214 Å². The van der Waals surface area contributed by atoms with E-state index in [4.69, 9.17) is 16.3 Å². The van der Waals surface area contributed by atoms with Crippen LogP contribution in [0.1, 0.15) is 51.8 Å². The first-order chi connectivity index (χ1) is 17.0. The van der Waals surface area contributed by atoms with E-state index >= 15 is 0 Å². The minimum Gasteiger partial charge on any atom is -0.493 e. The predicted molar refractivity (Wildman–Crippen MR) is 140 cm³/mol. The molecule has 1 saturated carbocycles. The van der Waals surface area contributed by atoms with Crippen LogP contribution in [0.4, 0.5) is 4.39 Å². The zero-order valence-corrected chi connectivity index (χ0v) is 21.1. The summed E-state index contributed by atoms with van der Waals surface area (Å²) in [5.41, 5.74) is 3.31. The van der Waals surface area contributed by atoms with Crippen LogP contribution in [-0.2, 0) is 0 Å². The highest BCUT2D eigenvalue weighted by atomic mass is 35.5. The van der Waals surface area contributed by atoms with Crippen molar-refractivity contribution in [2.45, 2.75) is 24.8 Å². The van der Waals surface area contributed by atoms with E-state index in [0.717, 1.165) is 54.0 Å². The van der Waals surface area contributed by atoms with E-state index < -0.39 is 11.7 Å². The molecule has 35 heavy (non-hydrogen) atoms. The Morgan fingerprint density at radius 2 is 1.86 bits per heavy atom. The third-order valence-corrected chi connectivity index (χ3v) is 7.43. The lowest BCUT2D eigenvalue weighted by molar-refractivity contribution is 0.0376. The molecule has 2 fully saturated rings. The number of amides is 1. The molecule has 5 rings (SSSR count). The van der Waals surface area contributed by atoms with Gasteiger partial charge in [0.2, 0.25) is 0 Å². The number of carbonyl (C=O) groups excluding carboxylic acids is 1. The summed E-state index contributed by atoms with van der Waals surface area (Å²) in [6.07, 6.45) is 3.82. The van der Waals surface area contributed by atoms with Gasteiger partial charge in [0, 0.05) is 36.4 Å². The lowest BCUT2D eigenvalue weighted by atomic mass is 9.90. The summed E-state index contributed by atoms with van der Waals surface area (Å²) < 4.78 is 23.5. The fourth-order valence-electron chi connectivity index (χ4n) is 4.78. The van der Waals surface area contributed by atoms with Crippen LogP contribution in [0.5, 0.6) is 5.75 Å². The molecular weight excluding hydrogens is 483 g/mol. The molecule has 0 bridgehead atoms. The number of ether oxygens (including phenoxy) is 1. The van der Waals surface area contributed by atoms with E-state index in [9.17, 15) is 9.18 Å². The van der Waals surface area contributed by atoms with Crippen molar-refractivity contribution in [3.05, 3.63) is 99.8 Å². The van der Waals surface area contributed by atoms with Gasteiger partial charge in [-0.15, -0.1) is 0 Å². The zero-order valence-electron chi connectivity index (χ0n) is 19.5. The zero-order chi connectivity index (χ0) is 24.4. The van der Waals surface area contributed by atoms with Crippen molar-refractivity contribution in [3.8, 4) is 5.75 Å². The molecule has 1 amide bonds. The maximum absolute atomic E-state index is 14.7. The number of nitrogens with one attached hydrogen (secondary N) is 1. The summed E-state index contributed by atoms with van der Waals surface area (Å²) >= 11 is 7.74. The fraction of sp³-hybridized carbons (Fsp3) is 0.321. The molecule has 1 saturated heterocycles. The normalized spacial score (nSPS) is 17.0. The molecule has 0 aromatic heterocycles. The summed E-state index contributed by atoms with van der Waals surface area (Å²) in [7, 11) is 0. The first kappa shape index (κ1) is 24.2. The van der Waals surface area contributed by atoms with Crippen LogP contribution in [-0.4, -0.2) is 36.8 Å². The predicted octanol–water partition coefficient (Wildman–Crippen LogP) is 6.46. The standard InChI is InChI=1S/C28H28ClFN2O2S/c1-35-31-28(33)23-13-22(19-11-12-19)26(14-25(23)30)34-17-18-15-32(16-18)27(20-7-3-2-4-8-20)21-9-5-6-10-24(21)29/h2-10,13-14,18-19,27H,11-12,15-17H2,1H3,(H,31,33)/t27-/m1/s1. The number of hydrogen-bond acceptors (Lipinski definition) is 4. The van der Waals surface area contributed by atoms with Gasteiger partial charge in [-0.05, 0) is 47.6 Å². The lowest BCUT2D eigenvalue weighted by Gasteiger charge is -2.44. The van der Waals surface area contributed by atoms with Crippen molar-refractivity contribution in [2.24, 2.45) is 5.92 Å². The highest BCUT2D eigenvalue weighted by molar-refractivity contribution is 7.97. The highest BCUT2D eigenvalue weighted by Gasteiger charge is 2.36. The molecule has 1 atom stereocenters. The Kier molecular flexibility index (Phi) is 7.32. The van der Waals surface area contributed by atoms with Gasteiger partial charge in [0.15, 0.2) is 0 Å². The molecule has 1 aliphatic carbocycles. The summed E-state index contributed by atoms with van der Waals surface area (Å²) in [5.74, 6) is 0.277. The molecular formula is C28H28ClFN2O2S. The molecule has 1 aliphatic heterocycles. The van der Waals surface area contributed by atoms with Crippen LogP contribution >= 0.6 is 23.5 Å². The van der Waals surface area contributed by atoms with E-state index in [2.05, 4.69) is 40.0 Å². The average molecular weight is 511 g/mol. The van der Waals surface area contributed by atoms with Gasteiger partial charge >= 0.3 is 0 Å². The van der Waals surface area contributed by atoms with Gasteiger partial charge in [0.05, 0.1) is 18.2 Å². The maximum Gasteiger partial charge on any atom is 0.264 e. The Morgan fingerprint density at radius 3 is 2.54 bits per heavy atom. The summed E-state index contributed by atoms with van der Waals surface area (Å²) in [6.45, 7) is 2.23. The number of benzene rings is 3. The lowest BCUT2D eigenvalue weighted by Crippen LogP contribution is -2.51. The number of rotatable bonds is 9. The van der Waals surface area contributed by atoms with Crippen LogP contribution in [0.15, 0.2) is 66.7 Å². The second kappa shape index (κ2) is 10.6. The van der Waals surface area contributed by atoms with E-state index in [1.807, 2.05) is 24.3 Å². The number of nitrogens with zero attached hydrogens (tertiary/aromatic N) is 1. The van der Waals surface area contributed by atoms with Crippen molar-refractivity contribution in [1.29, 1.82) is 0 Å². The topological polar surface area (TPSA) is 41.6 Å². The van der Waals surface area contributed by atoms with Crippen molar-refractivity contribution >= 4 is 29.5 Å². The number of carbonyl (C=O) groups is 1. The van der Waals surface area contributed by atoms with Crippen molar-refractivity contribution in [3.63, 3.8) is 0 Å². The van der Waals surface area contributed by atoms with Gasteiger partial charge < -0.3 is 4.74 Å². The highest BCUT2D eigenvalue weighted by Crippen LogP contribution is 2.45. The SMILES string of the molecule is CSNC(=O)c1cc(C2CC2)c(OCC2CN([C@H](c3ccccc3)c3ccccc3Cl)C2)cc1F. The summed E-state index contributed by atoms with van der Waals surface area (Å²) in [6, 6.07) is 21.5. The molecule has 0 unspecified atom stereocenters. The fourth-order valence-corrected chi connectivity index (χ4v) is 5.32. The molecule has 0 radical (unpaired) electrons. The van der Waals surface area contributed by atoms with Crippen LogP contribution < -0.4 is 9.46 Å². The Hall–Kier alpha value is -2.54. The minimum atomic E-state index is -0.547. The summed E-state index contributed by atoms with van der Waals surface area (Å²) in [5, 5.41) is 0.760. The Bertz CT molecular complexity index is 1200. The van der Waals surface area contributed by atoms with Crippen molar-refractivity contribution in [1.82, 2.24) is 9.62 Å². The van der Waals surface area contributed by atoms with Gasteiger partial charge in [-0.2, -0.15) is 0 Å². The largest absolute Gasteiger partial charge is 0.493 e. The Morgan fingerprint density at radius 1 is 1.14 bits per heavy atom. The molecule has 4 nitrogen and oxygen atoms in total. The first-order valence-corrected chi connectivity index (χ1v) is 13.5. The molecule has 1 heterocycles. The summed E-state index contributed by atoms with van der Waals surface area (Å²) in [4.78, 5) is 14.6. The quantitative estimate of drug-likeness (QED) is 0.335. The molecule has 2 aliphatic rings. The first-order valence-electron chi connectivity index (χ1n) is 11.9. The number of likely N-dealkylation sites (tertiary alicyclic amines) is 1. The van der Waals surface area contributed by atoms with Gasteiger partial charge in [-0.1, -0.05) is 72.1 Å².